The number of hydrogen-bond acceptors (Lipinski definition) is 5. The minimum absolute atomic E-state index is 0.382. The van der Waals surface area contributed by atoms with Crippen molar-refractivity contribution in [1.82, 2.24) is 9.97 Å². The summed E-state index contributed by atoms with van der Waals surface area (Å²) in [6.07, 6.45) is 0. The van der Waals surface area contributed by atoms with Gasteiger partial charge in [-0.25, -0.2) is 9.97 Å². The first-order valence-electron chi connectivity index (χ1n) is 7.67. The van der Waals surface area contributed by atoms with Crippen molar-refractivity contribution in [2.75, 3.05) is 30.8 Å². The summed E-state index contributed by atoms with van der Waals surface area (Å²) < 4.78 is 5.14. The van der Waals surface area contributed by atoms with Crippen LogP contribution in [-0.4, -0.2) is 30.2 Å². The van der Waals surface area contributed by atoms with Crippen LogP contribution in [0.15, 0.2) is 6.07 Å². The molecule has 0 aromatic carbocycles. The van der Waals surface area contributed by atoms with E-state index in [0.717, 1.165) is 24.7 Å². The van der Waals surface area contributed by atoms with E-state index in [0.29, 0.717) is 29.2 Å². The summed E-state index contributed by atoms with van der Waals surface area (Å²) in [5, 5.41) is 6.70. The van der Waals surface area contributed by atoms with E-state index >= 15 is 0 Å². The zero-order chi connectivity index (χ0) is 15.7. The van der Waals surface area contributed by atoms with Crippen LogP contribution in [0.4, 0.5) is 11.6 Å². The molecular formula is C16H28N4O. The van der Waals surface area contributed by atoms with Crippen molar-refractivity contribution in [2.45, 2.75) is 41.2 Å². The van der Waals surface area contributed by atoms with E-state index in [9.17, 15) is 0 Å². The number of ether oxygens (including phenoxy) is 1. The first-order valence-corrected chi connectivity index (χ1v) is 7.67. The molecule has 0 atom stereocenters. The van der Waals surface area contributed by atoms with Gasteiger partial charge in [0.15, 0.2) is 5.82 Å². The lowest BCUT2D eigenvalue weighted by Gasteiger charge is -2.11. The number of hydrogen-bond donors (Lipinski definition) is 2. The summed E-state index contributed by atoms with van der Waals surface area (Å²) in [6.45, 7) is 13.6. The van der Waals surface area contributed by atoms with E-state index in [4.69, 9.17) is 4.74 Å². The summed E-state index contributed by atoms with van der Waals surface area (Å²) in [5.74, 6) is 3.07. The maximum atomic E-state index is 5.14. The molecule has 5 nitrogen and oxygen atoms in total. The van der Waals surface area contributed by atoms with Crippen molar-refractivity contribution in [3.8, 4) is 0 Å². The molecule has 21 heavy (non-hydrogen) atoms. The maximum Gasteiger partial charge on any atom is 0.158 e. The Morgan fingerprint density at radius 2 is 1.67 bits per heavy atom. The average Bonchev–Trinajstić information content (AvgIpc) is 2.78. The van der Waals surface area contributed by atoms with Gasteiger partial charge >= 0.3 is 0 Å². The third kappa shape index (κ3) is 3.12. The fourth-order valence-electron chi connectivity index (χ4n) is 3.10. The Morgan fingerprint density at radius 1 is 1.10 bits per heavy atom. The van der Waals surface area contributed by atoms with Crippen molar-refractivity contribution in [2.24, 2.45) is 16.7 Å². The first-order chi connectivity index (χ1) is 9.82. The molecule has 5 heteroatoms. The molecule has 2 N–H and O–H groups in total. The minimum Gasteiger partial charge on any atom is -0.377 e. The van der Waals surface area contributed by atoms with Gasteiger partial charge in [0.25, 0.3) is 0 Å². The lowest BCUT2D eigenvalue weighted by molar-refractivity contribution is 0.178. The summed E-state index contributed by atoms with van der Waals surface area (Å²) in [5.41, 5.74) is 0.764. The normalized spacial score (nSPS) is 19.3. The van der Waals surface area contributed by atoms with Gasteiger partial charge in [-0.15, -0.1) is 0 Å². The molecule has 0 amide bonds. The van der Waals surface area contributed by atoms with E-state index in [1.165, 1.54) is 0 Å². The molecule has 0 spiro atoms. The van der Waals surface area contributed by atoms with Crippen LogP contribution in [0.2, 0.25) is 0 Å². The largest absolute Gasteiger partial charge is 0.377 e. The molecule has 1 saturated carbocycles. The highest BCUT2D eigenvalue weighted by Gasteiger charge is 2.64. The molecule has 2 rings (SSSR count). The quantitative estimate of drug-likeness (QED) is 0.808. The van der Waals surface area contributed by atoms with Gasteiger partial charge in [0.2, 0.25) is 0 Å². The van der Waals surface area contributed by atoms with Crippen LogP contribution in [0.25, 0.3) is 0 Å². The van der Waals surface area contributed by atoms with Crippen molar-refractivity contribution >= 4 is 11.6 Å². The summed E-state index contributed by atoms with van der Waals surface area (Å²) in [4.78, 5) is 8.94. The number of nitrogens with one attached hydrogen (secondary N) is 2. The van der Waals surface area contributed by atoms with Crippen LogP contribution in [0.1, 0.15) is 40.4 Å². The monoisotopic (exact) mass is 292 g/mol. The lowest BCUT2D eigenvalue weighted by atomic mass is 10.0. The van der Waals surface area contributed by atoms with E-state index in [-0.39, 0.29) is 0 Å². The van der Waals surface area contributed by atoms with Crippen LogP contribution in [0.5, 0.6) is 0 Å². The van der Waals surface area contributed by atoms with E-state index < -0.39 is 0 Å². The predicted octanol–water partition coefficient (Wildman–Crippen LogP) is 3.15. The Hall–Kier alpha value is -1.36. The number of rotatable bonds is 7. The van der Waals surface area contributed by atoms with Gasteiger partial charge in [0, 0.05) is 26.3 Å². The summed E-state index contributed by atoms with van der Waals surface area (Å²) >= 11 is 0. The highest BCUT2D eigenvalue weighted by atomic mass is 16.5. The van der Waals surface area contributed by atoms with Crippen LogP contribution in [0, 0.1) is 16.7 Å². The van der Waals surface area contributed by atoms with E-state index in [2.05, 4.69) is 55.2 Å². The van der Waals surface area contributed by atoms with Crippen molar-refractivity contribution in [3.05, 3.63) is 11.9 Å². The average molecular weight is 292 g/mol. The minimum atomic E-state index is 0.382. The zero-order valence-electron chi connectivity index (χ0n) is 14.1. The Balaban J connectivity index is 2.05. The zero-order valence-corrected chi connectivity index (χ0v) is 14.1. The molecular weight excluding hydrogens is 264 g/mol. The first kappa shape index (κ1) is 16.0. The lowest BCUT2D eigenvalue weighted by Crippen LogP contribution is -2.12. The van der Waals surface area contributed by atoms with Gasteiger partial charge < -0.3 is 15.4 Å². The number of methoxy groups -OCH3 is 1. The molecule has 1 heterocycles. The van der Waals surface area contributed by atoms with Gasteiger partial charge in [-0.05, 0) is 23.7 Å². The van der Waals surface area contributed by atoms with Crippen LogP contribution >= 0.6 is 0 Å². The second kappa shape index (κ2) is 5.79. The van der Waals surface area contributed by atoms with Crippen LogP contribution < -0.4 is 10.6 Å². The Bertz CT molecular complexity index is 461. The van der Waals surface area contributed by atoms with Crippen molar-refractivity contribution < 1.29 is 4.74 Å². The molecule has 0 bridgehead atoms. The molecule has 0 aliphatic heterocycles. The summed E-state index contributed by atoms with van der Waals surface area (Å²) in [6, 6.07) is 1.96. The molecule has 1 aromatic rings. The van der Waals surface area contributed by atoms with Gasteiger partial charge in [0.1, 0.15) is 18.2 Å². The molecule has 0 unspecified atom stereocenters. The third-order valence-electron chi connectivity index (χ3n) is 5.21. The molecule has 1 aliphatic carbocycles. The molecule has 0 radical (unpaired) electrons. The Morgan fingerprint density at radius 3 is 2.14 bits per heavy atom. The van der Waals surface area contributed by atoms with E-state index in [1.54, 1.807) is 7.11 Å². The molecule has 1 aromatic heterocycles. The van der Waals surface area contributed by atoms with Gasteiger partial charge in [0.05, 0.1) is 0 Å². The SMILES string of the molecule is CCNc1cc(NCC2C(C)(C)C2(C)C)nc(COC)n1. The maximum absolute atomic E-state index is 5.14. The number of nitrogens with zero attached hydrogens (tertiary/aromatic N) is 2. The predicted molar refractivity (Wildman–Crippen MR) is 86.5 cm³/mol. The fourth-order valence-corrected chi connectivity index (χ4v) is 3.10. The second-order valence-electron chi connectivity index (χ2n) is 6.89. The second-order valence-corrected chi connectivity index (χ2v) is 6.89. The molecule has 0 saturated heterocycles. The van der Waals surface area contributed by atoms with Crippen molar-refractivity contribution in [1.29, 1.82) is 0 Å². The van der Waals surface area contributed by atoms with Crippen molar-refractivity contribution in [3.63, 3.8) is 0 Å². The van der Waals surface area contributed by atoms with Crippen LogP contribution in [0.3, 0.4) is 0 Å². The fraction of sp³-hybridized carbons (Fsp3) is 0.750. The molecule has 1 aliphatic rings. The van der Waals surface area contributed by atoms with Crippen LogP contribution in [-0.2, 0) is 11.3 Å². The Kier molecular flexibility index (Phi) is 4.42. The number of aromatic nitrogens is 2. The van der Waals surface area contributed by atoms with Gasteiger partial charge in [-0.3, -0.25) is 0 Å². The Labute approximate surface area is 127 Å². The van der Waals surface area contributed by atoms with E-state index in [1.807, 2.05) is 6.07 Å². The molecule has 118 valence electrons. The van der Waals surface area contributed by atoms with Gasteiger partial charge in [-0.1, -0.05) is 27.7 Å². The number of anilines is 2. The van der Waals surface area contributed by atoms with Gasteiger partial charge in [-0.2, -0.15) is 0 Å². The standard InChI is InChI=1S/C16H28N4O/c1-7-17-12-8-13(20-14(19-12)10-21-6)18-9-11-15(2,3)16(11,4)5/h8,11H,7,9-10H2,1-6H3,(H2,17,18,19,20). The highest BCUT2D eigenvalue weighted by Crippen LogP contribution is 2.68. The molecule has 1 fully saturated rings. The highest BCUT2D eigenvalue weighted by molar-refractivity contribution is 5.47. The summed E-state index contributed by atoms with van der Waals surface area (Å²) in [7, 11) is 1.66. The topological polar surface area (TPSA) is 59.1 Å². The smallest absolute Gasteiger partial charge is 0.158 e. The third-order valence-corrected chi connectivity index (χ3v) is 5.21.